The standard InChI is InChI=1S/C21H17N3O4/c25-20(16-7-3-1-4-8-16)22-19(15-11-13-18(14-12-15)24(27)28)23-21(26)17-9-5-2-6-10-17/h1-14,19H,(H,22,25)(H,23,26). The van der Waals surface area contributed by atoms with Crippen LogP contribution >= 0.6 is 0 Å². The highest BCUT2D eigenvalue weighted by molar-refractivity contribution is 5.96. The van der Waals surface area contributed by atoms with Crippen molar-refractivity contribution in [2.75, 3.05) is 0 Å². The SMILES string of the molecule is O=C(NC(NC(=O)c1ccccc1)c1ccc([N+](=O)[O-])cc1)c1ccccc1. The number of nitrogens with one attached hydrogen (secondary N) is 2. The molecule has 3 rings (SSSR count). The molecule has 7 nitrogen and oxygen atoms in total. The normalized spacial score (nSPS) is 10.3. The number of nitro groups is 1. The number of amides is 2. The van der Waals surface area contributed by atoms with Gasteiger partial charge in [0, 0.05) is 23.3 Å². The maximum atomic E-state index is 12.6. The summed E-state index contributed by atoms with van der Waals surface area (Å²) < 4.78 is 0. The third-order valence-corrected chi connectivity index (χ3v) is 4.06. The molecule has 0 fully saturated rings. The number of hydrogen-bond donors (Lipinski definition) is 2. The third kappa shape index (κ3) is 4.59. The lowest BCUT2D eigenvalue weighted by Gasteiger charge is -2.21. The van der Waals surface area contributed by atoms with E-state index in [2.05, 4.69) is 10.6 Å². The molecule has 0 aromatic heterocycles. The molecular formula is C21H17N3O4. The molecule has 7 heteroatoms. The minimum atomic E-state index is -0.860. The number of nitro benzene ring substituents is 1. The van der Waals surface area contributed by atoms with E-state index in [1.165, 1.54) is 24.3 Å². The number of carbonyl (C=O) groups excluding carboxylic acids is 2. The zero-order valence-electron chi connectivity index (χ0n) is 14.7. The molecule has 0 aliphatic heterocycles. The number of benzene rings is 3. The minimum Gasteiger partial charge on any atom is -0.328 e. The van der Waals surface area contributed by atoms with Gasteiger partial charge in [-0.25, -0.2) is 0 Å². The van der Waals surface area contributed by atoms with Crippen LogP contribution < -0.4 is 10.6 Å². The zero-order chi connectivity index (χ0) is 19.9. The van der Waals surface area contributed by atoms with E-state index in [0.29, 0.717) is 16.7 Å². The second kappa shape index (κ2) is 8.59. The number of non-ortho nitro benzene ring substituents is 1. The molecule has 28 heavy (non-hydrogen) atoms. The molecule has 0 aliphatic carbocycles. The fourth-order valence-electron chi connectivity index (χ4n) is 2.60. The quantitative estimate of drug-likeness (QED) is 0.391. The average Bonchev–Trinajstić information content (AvgIpc) is 2.74. The molecule has 3 aromatic rings. The smallest absolute Gasteiger partial charge is 0.269 e. The van der Waals surface area contributed by atoms with Gasteiger partial charge in [0.15, 0.2) is 0 Å². The van der Waals surface area contributed by atoms with E-state index >= 15 is 0 Å². The molecular weight excluding hydrogens is 358 g/mol. The first kappa shape index (κ1) is 18.8. The Morgan fingerprint density at radius 3 is 1.54 bits per heavy atom. The molecule has 0 aliphatic rings. The Morgan fingerprint density at radius 2 is 1.14 bits per heavy atom. The Labute approximate surface area is 161 Å². The van der Waals surface area contributed by atoms with Crippen molar-refractivity contribution >= 4 is 17.5 Å². The van der Waals surface area contributed by atoms with Gasteiger partial charge in [-0.1, -0.05) is 36.4 Å². The van der Waals surface area contributed by atoms with Crippen LogP contribution in [-0.2, 0) is 0 Å². The van der Waals surface area contributed by atoms with Gasteiger partial charge in [-0.2, -0.15) is 0 Å². The molecule has 0 bridgehead atoms. The van der Waals surface area contributed by atoms with Gasteiger partial charge in [0.1, 0.15) is 6.17 Å². The van der Waals surface area contributed by atoms with Crippen molar-refractivity contribution in [1.29, 1.82) is 0 Å². The second-order valence-corrected chi connectivity index (χ2v) is 5.96. The highest BCUT2D eigenvalue weighted by atomic mass is 16.6. The predicted molar refractivity (Wildman–Crippen MR) is 104 cm³/mol. The first-order valence-corrected chi connectivity index (χ1v) is 8.51. The van der Waals surface area contributed by atoms with Crippen molar-refractivity contribution in [3.05, 3.63) is 112 Å². The van der Waals surface area contributed by atoms with Crippen LogP contribution in [0, 0.1) is 10.1 Å². The van der Waals surface area contributed by atoms with Gasteiger partial charge >= 0.3 is 0 Å². The van der Waals surface area contributed by atoms with Gasteiger partial charge in [0.05, 0.1) is 4.92 Å². The first-order chi connectivity index (χ1) is 13.5. The van der Waals surface area contributed by atoms with E-state index in [-0.39, 0.29) is 17.5 Å². The van der Waals surface area contributed by atoms with Gasteiger partial charge < -0.3 is 10.6 Å². The lowest BCUT2D eigenvalue weighted by Crippen LogP contribution is -2.41. The van der Waals surface area contributed by atoms with Crippen LogP contribution in [-0.4, -0.2) is 16.7 Å². The maximum Gasteiger partial charge on any atom is 0.269 e. The second-order valence-electron chi connectivity index (χ2n) is 5.96. The van der Waals surface area contributed by atoms with Crippen LogP contribution in [0.15, 0.2) is 84.9 Å². The van der Waals surface area contributed by atoms with Crippen molar-refractivity contribution in [1.82, 2.24) is 10.6 Å². The van der Waals surface area contributed by atoms with Gasteiger partial charge in [-0.3, -0.25) is 19.7 Å². The summed E-state index contributed by atoms with van der Waals surface area (Å²) in [7, 11) is 0. The van der Waals surface area contributed by atoms with Crippen LogP contribution in [0.3, 0.4) is 0 Å². The van der Waals surface area contributed by atoms with E-state index in [4.69, 9.17) is 0 Å². The monoisotopic (exact) mass is 375 g/mol. The van der Waals surface area contributed by atoms with Crippen LogP contribution in [0.1, 0.15) is 32.4 Å². The Kier molecular flexibility index (Phi) is 5.76. The summed E-state index contributed by atoms with van der Waals surface area (Å²) >= 11 is 0. The fourth-order valence-corrected chi connectivity index (χ4v) is 2.60. The Balaban J connectivity index is 1.85. The molecule has 0 unspecified atom stereocenters. The van der Waals surface area contributed by atoms with Gasteiger partial charge in [0.2, 0.25) is 0 Å². The van der Waals surface area contributed by atoms with Gasteiger partial charge in [-0.05, 0) is 42.0 Å². The summed E-state index contributed by atoms with van der Waals surface area (Å²) in [6.45, 7) is 0. The van der Waals surface area contributed by atoms with E-state index in [1.54, 1.807) is 60.7 Å². The summed E-state index contributed by atoms with van der Waals surface area (Å²) in [6.07, 6.45) is -0.860. The highest BCUT2D eigenvalue weighted by Gasteiger charge is 2.19. The molecule has 0 spiro atoms. The average molecular weight is 375 g/mol. The summed E-state index contributed by atoms with van der Waals surface area (Å²) in [5.41, 5.74) is 1.30. The van der Waals surface area contributed by atoms with E-state index in [1.807, 2.05) is 0 Å². The molecule has 0 radical (unpaired) electrons. The van der Waals surface area contributed by atoms with E-state index < -0.39 is 11.1 Å². The Bertz CT molecular complexity index is 920. The summed E-state index contributed by atoms with van der Waals surface area (Å²) in [6, 6.07) is 22.8. The minimum absolute atomic E-state index is 0.0775. The summed E-state index contributed by atoms with van der Waals surface area (Å²) in [5.74, 6) is -0.755. The van der Waals surface area contributed by atoms with Crippen LogP contribution in [0.25, 0.3) is 0 Å². The van der Waals surface area contributed by atoms with Crippen LogP contribution in [0.2, 0.25) is 0 Å². The van der Waals surface area contributed by atoms with E-state index in [9.17, 15) is 19.7 Å². The number of rotatable bonds is 6. The third-order valence-electron chi connectivity index (χ3n) is 4.06. The molecule has 0 heterocycles. The molecule has 0 saturated heterocycles. The first-order valence-electron chi connectivity index (χ1n) is 8.51. The largest absolute Gasteiger partial charge is 0.328 e. The van der Waals surface area contributed by atoms with Crippen molar-refractivity contribution in [3.63, 3.8) is 0 Å². The zero-order valence-corrected chi connectivity index (χ0v) is 14.7. The molecule has 140 valence electrons. The summed E-state index contributed by atoms with van der Waals surface area (Å²) in [4.78, 5) is 35.5. The molecule has 2 amide bonds. The van der Waals surface area contributed by atoms with E-state index in [0.717, 1.165) is 0 Å². The highest BCUT2D eigenvalue weighted by Crippen LogP contribution is 2.17. The van der Waals surface area contributed by atoms with Crippen LogP contribution in [0.5, 0.6) is 0 Å². The Hall–Kier alpha value is -4.00. The lowest BCUT2D eigenvalue weighted by molar-refractivity contribution is -0.384. The number of carbonyl (C=O) groups is 2. The summed E-state index contributed by atoms with van der Waals surface area (Å²) in [5, 5.41) is 16.4. The predicted octanol–water partition coefficient (Wildman–Crippen LogP) is 3.45. The molecule has 2 N–H and O–H groups in total. The van der Waals surface area contributed by atoms with Crippen molar-refractivity contribution in [2.45, 2.75) is 6.17 Å². The lowest BCUT2D eigenvalue weighted by atomic mass is 10.1. The van der Waals surface area contributed by atoms with Crippen molar-refractivity contribution in [2.24, 2.45) is 0 Å². The fraction of sp³-hybridized carbons (Fsp3) is 0.0476. The molecule has 0 atom stereocenters. The molecule has 3 aromatic carbocycles. The Morgan fingerprint density at radius 1 is 0.714 bits per heavy atom. The number of hydrogen-bond acceptors (Lipinski definition) is 4. The molecule has 0 saturated carbocycles. The topological polar surface area (TPSA) is 101 Å². The number of nitrogens with zero attached hydrogens (tertiary/aromatic N) is 1. The van der Waals surface area contributed by atoms with Gasteiger partial charge in [0.25, 0.3) is 17.5 Å². The van der Waals surface area contributed by atoms with Crippen molar-refractivity contribution in [3.8, 4) is 0 Å². The van der Waals surface area contributed by atoms with Crippen molar-refractivity contribution < 1.29 is 14.5 Å². The van der Waals surface area contributed by atoms with Gasteiger partial charge in [-0.15, -0.1) is 0 Å². The maximum absolute atomic E-state index is 12.6. The van der Waals surface area contributed by atoms with Crippen LogP contribution in [0.4, 0.5) is 5.69 Å².